The van der Waals surface area contributed by atoms with Crippen molar-refractivity contribution in [3.8, 4) is 0 Å². The Morgan fingerprint density at radius 1 is 1.58 bits per heavy atom. The Morgan fingerprint density at radius 2 is 2.25 bits per heavy atom. The molecule has 0 radical (unpaired) electrons. The van der Waals surface area contributed by atoms with Crippen LogP contribution in [0.15, 0.2) is 5.29 Å². The van der Waals surface area contributed by atoms with Crippen molar-refractivity contribution in [3.63, 3.8) is 0 Å². The number of hydrogen-bond acceptors (Lipinski definition) is 5. The van der Waals surface area contributed by atoms with Gasteiger partial charge in [-0.1, -0.05) is 0 Å². The lowest BCUT2D eigenvalue weighted by Crippen LogP contribution is -2.25. The molecule has 0 heterocycles. The molecular formula is C6H12N2O4. The minimum Gasteiger partial charge on any atom is -0.443 e. The second-order valence-corrected chi connectivity index (χ2v) is 2.07. The summed E-state index contributed by atoms with van der Waals surface area (Å²) in [5, 5.41) is 3.68. The Balaban J connectivity index is 3.52. The lowest BCUT2D eigenvalue weighted by atomic mass is 10.7. The number of hydrogen-bond donors (Lipinski definition) is 0. The number of methoxy groups -OCH3 is 1. The van der Waals surface area contributed by atoms with Crippen LogP contribution < -0.4 is 0 Å². The van der Waals surface area contributed by atoms with Crippen molar-refractivity contribution >= 4 is 5.97 Å². The third-order valence-corrected chi connectivity index (χ3v) is 1.09. The number of ether oxygens (including phenoxy) is 2. The van der Waals surface area contributed by atoms with E-state index in [1.54, 1.807) is 0 Å². The van der Waals surface area contributed by atoms with Crippen LogP contribution >= 0.6 is 0 Å². The quantitative estimate of drug-likeness (QED) is 0.249. The van der Waals surface area contributed by atoms with Crippen molar-refractivity contribution in [1.29, 1.82) is 0 Å². The highest BCUT2D eigenvalue weighted by Gasteiger charge is 2.03. The van der Waals surface area contributed by atoms with Gasteiger partial charge < -0.3 is 9.47 Å². The molecule has 0 aliphatic rings. The summed E-state index contributed by atoms with van der Waals surface area (Å²) in [7, 11) is 1.51. The van der Waals surface area contributed by atoms with Crippen LogP contribution in [0.2, 0.25) is 0 Å². The summed E-state index contributed by atoms with van der Waals surface area (Å²) < 4.78 is 9.23. The van der Waals surface area contributed by atoms with Crippen LogP contribution in [-0.4, -0.2) is 38.0 Å². The van der Waals surface area contributed by atoms with Gasteiger partial charge in [0.15, 0.2) is 6.73 Å². The van der Waals surface area contributed by atoms with Gasteiger partial charge in [0, 0.05) is 14.0 Å². The molecule has 0 saturated carbocycles. The van der Waals surface area contributed by atoms with E-state index in [0.717, 1.165) is 5.01 Å². The normalized spacial score (nSPS) is 9.17. The van der Waals surface area contributed by atoms with Crippen LogP contribution in [0, 0.1) is 4.91 Å². The van der Waals surface area contributed by atoms with Gasteiger partial charge in [-0.15, -0.1) is 4.91 Å². The third kappa shape index (κ3) is 5.60. The van der Waals surface area contributed by atoms with E-state index in [1.165, 1.54) is 14.0 Å². The fraction of sp³-hybridized carbons (Fsp3) is 0.833. The van der Waals surface area contributed by atoms with Crippen molar-refractivity contribution < 1.29 is 14.3 Å². The lowest BCUT2D eigenvalue weighted by Gasteiger charge is -2.13. The van der Waals surface area contributed by atoms with Gasteiger partial charge in [0.05, 0.1) is 18.4 Å². The zero-order valence-corrected chi connectivity index (χ0v) is 7.15. The zero-order valence-electron chi connectivity index (χ0n) is 7.15. The van der Waals surface area contributed by atoms with Gasteiger partial charge in [-0.05, 0) is 0 Å². The number of esters is 1. The van der Waals surface area contributed by atoms with Crippen molar-refractivity contribution in [2.75, 3.05) is 27.0 Å². The van der Waals surface area contributed by atoms with Crippen LogP contribution in [0.5, 0.6) is 0 Å². The molecule has 0 aromatic carbocycles. The van der Waals surface area contributed by atoms with Crippen molar-refractivity contribution in [2.45, 2.75) is 6.92 Å². The van der Waals surface area contributed by atoms with Gasteiger partial charge >= 0.3 is 5.97 Å². The molecule has 0 spiro atoms. The molecule has 6 heteroatoms. The SMILES string of the molecule is COCCN(COC(C)=O)N=O. The Labute approximate surface area is 70.4 Å². The van der Waals surface area contributed by atoms with Gasteiger partial charge in [-0.3, -0.25) is 4.79 Å². The number of nitrogens with zero attached hydrogens (tertiary/aromatic N) is 2. The predicted molar refractivity (Wildman–Crippen MR) is 41.0 cm³/mol. The highest BCUT2D eigenvalue weighted by Crippen LogP contribution is 1.89. The van der Waals surface area contributed by atoms with Crippen molar-refractivity contribution in [2.24, 2.45) is 5.29 Å². The molecule has 70 valence electrons. The molecule has 0 fully saturated rings. The minimum atomic E-state index is -0.443. The lowest BCUT2D eigenvalue weighted by molar-refractivity contribution is -0.146. The standard InChI is InChI=1S/C6H12N2O4/c1-6(9)12-5-8(7-10)3-4-11-2/h3-5H2,1-2H3. The van der Waals surface area contributed by atoms with Gasteiger partial charge in [-0.25, -0.2) is 5.01 Å². The molecule has 0 aliphatic heterocycles. The van der Waals surface area contributed by atoms with E-state index in [1.807, 2.05) is 0 Å². The van der Waals surface area contributed by atoms with E-state index in [-0.39, 0.29) is 6.73 Å². The second kappa shape index (κ2) is 6.53. The molecule has 0 aromatic rings. The number of rotatable bonds is 6. The average Bonchev–Trinajstić information content (AvgIpc) is 2.05. The van der Waals surface area contributed by atoms with E-state index >= 15 is 0 Å². The first-order chi connectivity index (χ1) is 5.70. The summed E-state index contributed by atoms with van der Waals surface area (Å²) in [5.41, 5.74) is 0. The smallest absolute Gasteiger partial charge is 0.304 e. The maximum absolute atomic E-state index is 10.3. The highest BCUT2D eigenvalue weighted by atomic mass is 16.5. The Kier molecular flexibility index (Phi) is 5.90. The number of carbonyl (C=O) groups excluding carboxylic acids is 1. The molecule has 0 amide bonds. The highest BCUT2D eigenvalue weighted by molar-refractivity contribution is 5.65. The largest absolute Gasteiger partial charge is 0.443 e. The Bertz CT molecular complexity index is 150. The Hall–Kier alpha value is -1.17. The summed E-state index contributed by atoms with van der Waals surface area (Å²) in [6.45, 7) is 1.82. The predicted octanol–water partition coefficient (Wildman–Crippen LogP) is 0.137. The number of carbonyl (C=O) groups is 1. The van der Waals surface area contributed by atoms with Gasteiger partial charge in [0.1, 0.15) is 0 Å². The molecule has 0 unspecified atom stereocenters. The maximum atomic E-state index is 10.3. The van der Waals surface area contributed by atoms with Crippen LogP contribution in [0.1, 0.15) is 6.92 Å². The van der Waals surface area contributed by atoms with Crippen LogP contribution in [0.3, 0.4) is 0 Å². The summed E-state index contributed by atoms with van der Waals surface area (Å²) >= 11 is 0. The van der Waals surface area contributed by atoms with Crippen LogP contribution in [-0.2, 0) is 14.3 Å². The molecule has 0 bridgehead atoms. The van der Waals surface area contributed by atoms with E-state index in [4.69, 9.17) is 4.74 Å². The van der Waals surface area contributed by atoms with E-state index in [9.17, 15) is 9.70 Å². The van der Waals surface area contributed by atoms with Crippen LogP contribution in [0.25, 0.3) is 0 Å². The van der Waals surface area contributed by atoms with Crippen molar-refractivity contribution in [1.82, 2.24) is 5.01 Å². The molecule has 6 nitrogen and oxygen atoms in total. The molecular weight excluding hydrogens is 164 g/mol. The molecule has 0 aromatic heterocycles. The third-order valence-electron chi connectivity index (χ3n) is 1.09. The van der Waals surface area contributed by atoms with E-state index in [0.29, 0.717) is 13.2 Å². The minimum absolute atomic E-state index is 0.123. The summed E-state index contributed by atoms with van der Waals surface area (Å²) in [4.78, 5) is 20.4. The fourth-order valence-electron chi connectivity index (χ4n) is 0.491. The van der Waals surface area contributed by atoms with Gasteiger partial charge in [-0.2, -0.15) is 0 Å². The number of nitroso groups, excluding NO2 is 1. The van der Waals surface area contributed by atoms with Gasteiger partial charge in [0.2, 0.25) is 0 Å². The summed E-state index contributed by atoms with van der Waals surface area (Å²) in [6, 6.07) is 0. The first-order valence-corrected chi connectivity index (χ1v) is 3.41. The summed E-state index contributed by atoms with van der Waals surface area (Å²) in [6.07, 6.45) is 0. The maximum Gasteiger partial charge on any atom is 0.304 e. The van der Waals surface area contributed by atoms with E-state index < -0.39 is 5.97 Å². The molecule has 0 saturated heterocycles. The van der Waals surface area contributed by atoms with Gasteiger partial charge in [0.25, 0.3) is 0 Å². The summed E-state index contributed by atoms with van der Waals surface area (Å²) in [5.74, 6) is -0.443. The monoisotopic (exact) mass is 176 g/mol. The molecule has 0 aliphatic carbocycles. The fourth-order valence-corrected chi connectivity index (χ4v) is 0.491. The van der Waals surface area contributed by atoms with E-state index in [2.05, 4.69) is 10.0 Å². The zero-order chi connectivity index (χ0) is 9.40. The molecule has 0 rings (SSSR count). The molecule has 0 N–H and O–H groups in total. The second-order valence-electron chi connectivity index (χ2n) is 2.07. The molecule has 12 heavy (non-hydrogen) atoms. The van der Waals surface area contributed by atoms with Crippen LogP contribution in [0.4, 0.5) is 0 Å². The first-order valence-electron chi connectivity index (χ1n) is 3.41. The first kappa shape index (κ1) is 10.8. The topological polar surface area (TPSA) is 68.2 Å². The average molecular weight is 176 g/mol. The van der Waals surface area contributed by atoms with Crippen molar-refractivity contribution in [3.05, 3.63) is 4.91 Å². The Morgan fingerprint density at radius 3 is 2.67 bits per heavy atom. The molecule has 0 atom stereocenters.